The number of amides is 2. The number of nitro groups is 1. The number of nitrogens with one attached hydrogen (secondary N) is 1. The maximum absolute atomic E-state index is 14.2. The van der Waals surface area contributed by atoms with Gasteiger partial charge in [-0.15, -0.1) is 0 Å². The Kier molecular flexibility index (Phi) is 11.7. The summed E-state index contributed by atoms with van der Waals surface area (Å²) in [7, 11) is -3.27. The molecule has 0 spiro atoms. The highest BCUT2D eigenvalue weighted by Crippen LogP contribution is 2.36. The first-order valence-electron chi connectivity index (χ1n) is 14.0. The lowest BCUT2D eigenvalue weighted by Gasteiger charge is -2.32. The van der Waals surface area contributed by atoms with Crippen LogP contribution in [0.1, 0.15) is 43.4 Å². The number of methoxy groups -OCH3 is 1. The highest BCUT2D eigenvalue weighted by molar-refractivity contribution is 7.92. The van der Waals surface area contributed by atoms with Crippen molar-refractivity contribution < 1.29 is 27.7 Å². The van der Waals surface area contributed by atoms with E-state index >= 15 is 0 Å². The molecule has 0 saturated heterocycles. The minimum absolute atomic E-state index is 0.0272. The minimum Gasteiger partial charge on any atom is -0.495 e. The van der Waals surface area contributed by atoms with E-state index in [4.69, 9.17) is 16.3 Å². The lowest BCUT2D eigenvalue weighted by Crippen LogP contribution is -2.51. The fourth-order valence-electron chi connectivity index (χ4n) is 4.57. The topological polar surface area (TPSA) is 139 Å². The van der Waals surface area contributed by atoms with Crippen LogP contribution in [-0.2, 0) is 26.2 Å². The first-order valence-corrected chi connectivity index (χ1v) is 15.9. The third-order valence-corrected chi connectivity index (χ3v) is 9.08. The highest BCUT2D eigenvalue weighted by Gasteiger charge is 2.35. The van der Waals surface area contributed by atoms with Gasteiger partial charge in [0, 0.05) is 29.7 Å². The number of nitro benzene ring substituents is 1. The van der Waals surface area contributed by atoms with E-state index in [-0.39, 0.29) is 34.5 Å². The number of hydrogen-bond donors (Lipinski definition) is 1. The third kappa shape index (κ3) is 8.26. The van der Waals surface area contributed by atoms with Gasteiger partial charge in [0.2, 0.25) is 11.8 Å². The average molecular weight is 645 g/mol. The van der Waals surface area contributed by atoms with Crippen molar-refractivity contribution in [3.05, 3.63) is 92.5 Å². The van der Waals surface area contributed by atoms with Gasteiger partial charge in [0.25, 0.3) is 15.7 Å². The summed E-state index contributed by atoms with van der Waals surface area (Å²) in [6, 6.07) is 14.3. The Labute approximate surface area is 263 Å². The number of hydrogen-bond acceptors (Lipinski definition) is 7. The van der Waals surface area contributed by atoms with E-state index in [0.717, 1.165) is 34.3 Å². The molecule has 1 atom stereocenters. The predicted octanol–water partition coefficient (Wildman–Crippen LogP) is 5.40. The number of rotatable bonds is 14. The molecule has 0 aromatic heterocycles. The normalized spacial score (nSPS) is 11.9. The first-order chi connectivity index (χ1) is 20.8. The van der Waals surface area contributed by atoms with Crippen molar-refractivity contribution in [1.82, 2.24) is 10.2 Å². The Bertz CT molecular complexity index is 1630. The Hall–Kier alpha value is -4.16. The van der Waals surface area contributed by atoms with Crippen LogP contribution in [0.2, 0.25) is 5.02 Å². The molecule has 0 radical (unpaired) electrons. The van der Waals surface area contributed by atoms with Crippen LogP contribution in [0.25, 0.3) is 0 Å². The zero-order chi connectivity index (χ0) is 32.6. The maximum Gasteiger partial charge on any atom is 0.273 e. The molecule has 0 saturated carbocycles. The van der Waals surface area contributed by atoms with Crippen LogP contribution in [0.3, 0.4) is 0 Å². The number of ether oxygens (including phenoxy) is 1. The standard InChI is InChI=1S/C31H37ClN4O7S/c1-6-7-15-33-31(38)23(4)34(19-24-10-8-9-21(2)16-24)30(37)20-35(28-17-25(32)12-14-29(28)43-5)44(41,42)26-13-11-22(3)27(18-26)36(39)40/h8-14,16-18,23H,6-7,15,19-20H2,1-5H3,(H,33,38). The predicted molar refractivity (Wildman–Crippen MR) is 169 cm³/mol. The minimum atomic E-state index is -4.61. The lowest BCUT2D eigenvalue weighted by molar-refractivity contribution is -0.385. The van der Waals surface area contributed by atoms with E-state index in [1.165, 1.54) is 49.3 Å². The second-order valence-corrected chi connectivity index (χ2v) is 12.7. The van der Waals surface area contributed by atoms with Crippen molar-refractivity contribution in [2.24, 2.45) is 0 Å². The van der Waals surface area contributed by atoms with Gasteiger partial charge in [-0.3, -0.25) is 24.0 Å². The fraction of sp³-hybridized carbons (Fsp3) is 0.355. The molecule has 2 amide bonds. The quantitative estimate of drug-likeness (QED) is 0.141. The zero-order valence-electron chi connectivity index (χ0n) is 25.4. The molecular formula is C31H37ClN4O7S. The van der Waals surface area contributed by atoms with E-state index in [9.17, 15) is 28.1 Å². The van der Waals surface area contributed by atoms with Gasteiger partial charge >= 0.3 is 0 Å². The highest BCUT2D eigenvalue weighted by atomic mass is 35.5. The Morgan fingerprint density at radius 1 is 1.09 bits per heavy atom. The number of unbranched alkanes of at least 4 members (excludes halogenated alkanes) is 1. The molecule has 44 heavy (non-hydrogen) atoms. The molecule has 236 valence electrons. The van der Waals surface area contributed by atoms with Crippen LogP contribution in [0, 0.1) is 24.0 Å². The number of sulfonamides is 1. The molecular weight excluding hydrogens is 608 g/mol. The molecule has 13 heteroatoms. The lowest BCUT2D eigenvalue weighted by atomic mass is 10.1. The monoisotopic (exact) mass is 644 g/mol. The van der Waals surface area contributed by atoms with Gasteiger partial charge in [0.05, 0.1) is 22.6 Å². The van der Waals surface area contributed by atoms with Crippen LogP contribution < -0.4 is 14.4 Å². The molecule has 11 nitrogen and oxygen atoms in total. The number of carbonyl (C=O) groups excluding carboxylic acids is 2. The summed E-state index contributed by atoms with van der Waals surface area (Å²) in [5.74, 6) is -0.969. The largest absolute Gasteiger partial charge is 0.495 e. The summed E-state index contributed by atoms with van der Waals surface area (Å²) in [6.45, 7) is 6.67. The van der Waals surface area contributed by atoms with E-state index in [2.05, 4.69) is 5.32 Å². The molecule has 0 fully saturated rings. The average Bonchev–Trinajstić information content (AvgIpc) is 2.98. The van der Waals surface area contributed by atoms with Crippen molar-refractivity contribution >= 4 is 44.8 Å². The van der Waals surface area contributed by atoms with Crippen LogP contribution in [0.15, 0.2) is 65.6 Å². The molecule has 3 rings (SSSR count). The molecule has 0 heterocycles. The molecule has 3 aromatic rings. The van der Waals surface area contributed by atoms with Crippen LogP contribution >= 0.6 is 11.6 Å². The summed E-state index contributed by atoms with van der Waals surface area (Å²) in [5.41, 5.74) is 1.52. The van der Waals surface area contributed by atoms with Crippen molar-refractivity contribution in [2.45, 2.75) is 58.0 Å². The third-order valence-electron chi connectivity index (χ3n) is 7.09. The van der Waals surface area contributed by atoms with Crippen LogP contribution in [0.4, 0.5) is 11.4 Å². The summed E-state index contributed by atoms with van der Waals surface area (Å²) in [6.07, 6.45) is 1.62. The second-order valence-electron chi connectivity index (χ2n) is 10.4. The van der Waals surface area contributed by atoms with E-state index < -0.39 is 44.0 Å². The molecule has 0 aliphatic carbocycles. The smallest absolute Gasteiger partial charge is 0.273 e. The zero-order valence-corrected chi connectivity index (χ0v) is 26.9. The van der Waals surface area contributed by atoms with Gasteiger partial charge in [-0.25, -0.2) is 8.42 Å². The summed E-state index contributed by atoms with van der Waals surface area (Å²) in [4.78, 5) is 39.2. The van der Waals surface area contributed by atoms with Crippen LogP contribution in [0.5, 0.6) is 5.75 Å². The van der Waals surface area contributed by atoms with E-state index in [0.29, 0.717) is 6.54 Å². The summed E-state index contributed by atoms with van der Waals surface area (Å²) < 4.78 is 34.6. The number of nitrogens with zero attached hydrogens (tertiary/aromatic N) is 3. The van der Waals surface area contributed by atoms with Crippen molar-refractivity contribution in [1.29, 1.82) is 0 Å². The van der Waals surface area contributed by atoms with Gasteiger partial charge in [0.1, 0.15) is 18.3 Å². The molecule has 0 aliphatic rings. The van der Waals surface area contributed by atoms with Gasteiger partial charge in [-0.2, -0.15) is 0 Å². The SMILES string of the molecule is CCCCNC(=O)C(C)N(Cc1cccc(C)c1)C(=O)CN(c1cc(Cl)ccc1OC)S(=O)(=O)c1ccc(C)c([N+](=O)[O-])c1. The number of benzene rings is 3. The van der Waals surface area contributed by atoms with Crippen molar-refractivity contribution in [3.8, 4) is 5.75 Å². The van der Waals surface area contributed by atoms with E-state index in [1.54, 1.807) is 6.92 Å². The summed E-state index contributed by atoms with van der Waals surface area (Å²) in [5, 5.41) is 14.7. The molecule has 0 bridgehead atoms. The van der Waals surface area contributed by atoms with E-state index in [1.807, 2.05) is 38.1 Å². The van der Waals surface area contributed by atoms with Gasteiger partial charge in [0.15, 0.2) is 0 Å². The van der Waals surface area contributed by atoms with Crippen molar-refractivity contribution in [3.63, 3.8) is 0 Å². The maximum atomic E-state index is 14.2. The molecule has 3 aromatic carbocycles. The number of aryl methyl sites for hydroxylation is 2. The molecule has 1 N–H and O–H groups in total. The Morgan fingerprint density at radius 3 is 2.45 bits per heavy atom. The number of halogens is 1. The second kappa shape index (κ2) is 15.0. The number of carbonyl (C=O) groups is 2. The van der Waals surface area contributed by atoms with Crippen LogP contribution in [-0.4, -0.2) is 56.3 Å². The summed E-state index contributed by atoms with van der Waals surface area (Å²) >= 11 is 6.26. The van der Waals surface area contributed by atoms with Crippen molar-refractivity contribution in [2.75, 3.05) is 24.5 Å². The van der Waals surface area contributed by atoms with Gasteiger partial charge in [-0.1, -0.05) is 60.8 Å². The Morgan fingerprint density at radius 2 is 1.82 bits per heavy atom. The van der Waals surface area contributed by atoms with Gasteiger partial charge < -0.3 is 15.0 Å². The fourth-order valence-corrected chi connectivity index (χ4v) is 6.17. The van der Waals surface area contributed by atoms with Gasteiger partial charge in [-0.05, 0) is 57.0 Å². The Balaban J connectivity index is 2.14. The molecule has 0 aliphatic heterocycles. The first kappa shape index (κ1) is 34.3. The number of anilines is 1. The molecule has 1 unspecified atom stereocenters.